The lowest BCUT2D eigenvalue weighted by atomic mass is 10.1. The van der Waals surface area contributed by atoms with Gasteiger partial charge in [0.2, 0.25) is 5.91 Å². The van der Waals surface area contributed by atoms with Gasteiger partial charge in [-0.25, -0.2) is 0 Å². The van der Waals surface area contributed by atoms with E-state index in [2.05, 4.69) is 11.1 Å². The van der Waals surface area contributed by atoms with Crippen LogP contribution in [0.1, 0.15) is 27.0 Å². The first-order valence-corrected chi connectivity index (χ1v) is 12.8. The maximum absolute atomic E-state index is 13.8. The minimum atomic E-state index is -0.264. The maximum atomic E-state index is 13.8. The Morgan fingerprint density at radius 1 is 0.868 bits per heavy atom. The van der Waals surface area contributed by atoms with E-state index in [-0.39, 0.29) is 18.4 Å². The molecule has 0 unspecified atom stereocenters. The molecule has 7 heteroatoms. The molecule has 1 heterocycles. The number of hydrogen-bond donors (Lipinski definition) is 1. The monoisotopic (exact) mass is 513 g/mol. The zero-order valence-corrected chi connectivity index (χ0v) is 22.3. The van der Waals surface area contributed by atoms with Crippen LogP contribution in [0.5, 0.6) is 5.75 Å². The topological polar surface area (TPSA) is 74.9 Å². The van der Waals surface area contributed by atoms with E-state index in [0.717, 1.165) is 22.0 Å². The molecule has 7 nitrogen and oxygen atoms in total. The summed E-state index contributed by atoms with van der Waals surface area (Å²) in [4.78, 5) is 33.9. The van der Waals surface area contributed by atoms with Crippen molar-refractivity contribution < 1.29 is 19.1 Å². The van der Waals surface area contributed by atoms with Gasteiger partial charge in [-0.3, -0.25) is 9.59 Å². The lowest BCUT2D eigenvalue weighted by Crippen LogP contribution is -2.44. The Bertz CT molecular complexity index is 1360. The van der Waals surface area contributed by atoms with Crippen LogP contribution >= 0.6 is 0 Å². The van der Waals surface area contributed by atoms with Crippen LogP contribution in [0.2, 0.25) is 0 Å². The van der Waals surface area contributed by atoms with Gasteiger partial charge in [-0.1, -0.05) is 60.2 Å². The number of hydrogen-bond acceptors (Lipinski definition) is 4. The van der Waals surface area contributed by atoms with E-state index in [1.807, 2.05) is 66.6 Å². The number of nitrogens with zero attached hydrogens (tertiary/aromatic N) is 2. The van der Waals surface area contributed by atoms with Crippen molar-refractivity contribution in [1.29, 1.82) is 0 Å². The van der Waals surface area contributed by atoms with Crippen molar-refractivity contribution in [3.05, 3.63) is 101 Å². The molecule has 0 spiro atoms. The Morgan fingerprint density at radius 2 is 1.61 bits per heavy atom. The van der Waals surface area contributed by atoms with Crippen molar-refractivity contribution in [3.63, 3.8) is 0 Å². The standard InChI is InChI=1S/C31H35N3O4/c1-23-12-14-24(15-13-23)21-33(17-16-25-20-32-28-10-6-4-8-26(25)28)30(35)22-34(18-19-37-2)31(36)27-9-5-7-11-29(27)38-3/h4-15,20,32H,16-19,21-22H2,1-3H3. The van der Waals surface area contributed by atoms with E-state index < -0.39 is 0 Å². The van der Waals surface area contributed by atoms with Crippen LogP contribution in [0.4, 0.5) is 0 Å². The first-order valence-electron chi connectivity index (χ1n) is 12.8. The Balaban J connectivity index is 1.56. The van der Waals surface area contributed by atoms with E-state index >= 15 is 0 Å². The molecule has 1 aromatic heterocycles. The number of amides is 2. The largest absolute Gasteiger partial charge is 0.496 e. The molecular formula is C31H35N3O4. The minimum absolute atomic E-state index is 0.0556. The highest BCUT2D eigenvalue weighted by Gasteiger charge is 2.24. The highest BCUT2D eigenvalue weighted by molar-refractivity contribution is 5.98. The zero-order chi connectivity index (χ0) is 26.9. The van der Waals surface area contributed by atoms with E-state index in [9.17, 15) is 9.59 Å². The second-order valence-corrected chi connectivity index (χ2v) is 9.33. The van der Waals surface area contributed by atoms with Crippen LogP contribution in [-0.2, 0) is 22.5 Å². The summed E-state index contributed by atoms with van der Waals surface area (Å²) < 4.78 is 10.6. The minimum Gasteiger partial charge on any atom is -0.496 e. The normalized spacial score (nSPS) is 10.9. The summed E-state index contributed by atoms with van der Waals surface area (Å²) in [6.07, 6.45) is 2.70. The Hall–Kier alpha value is -4.10. The summed E-state index contributed by atoms with van der Waals surface area (Å²) in [5.74, 6) is 0.0905. The number of carbonyl (C=O) groups excluding carboxylic acids is 2. The van der Waals surface area contributed by atoms with E-state index in [4.69, 9.17) is 9.47 Å². The molecular weight excluding hydrogens is 478 g/mol. The fourth-order valence-corrected chi connectivity index (χ4v) is 4.51. The van der Waals surface area contributed by atoms with Gasteiger partial charge in [0.1, 0.15) is 12.3 Å². The molecule has 3 aromatic carbocycles. The van der Waals surface area contributed by atoms with Crippen molar-refractivity contribution in [2.24, 2.45) is 0 Å². The first-order chi connectivity index (χ1) is 18.5. The molecule has 38 heavy (non-hydrogen) atoms. The van der Waals surface area contributed by atoms with Gasteiger partial charge >= 0.3 is 0 Å². The summed E-state index contributed by atoms with van der Waals surface area (Å²) in [6.45, 7) is 3.58. The lowest BCUT2D eigenvalue weighted by molar-refractivity contribution is -0.132. The van der Waals surface area contributed by atoms with Crippen molar-refractivity contribution in [2.45, 2.75) is 19.9 Å². The number of nitrogens with one attached hydrogen (secondary N) is 1. The molecule has 0 atom stereocenters. The molecule has 0 radical (unpaired) electrons. The zero-order valence-electron chi connectivity index (χ0n) is 22.3. The van der Waals surface area contributed by atoms with Crippen LogP contribution in [0, 0.1) is 6.92 Å². The van der Waals surface area contributed by atoms with Gasteiger partial charge in [0.05, 0.1) is 19.3 Å². The summed E-state index contributed by atoms with van der Waals surface area (Å²) in [6, 6.07) is 23.4. The van der Waals surface area contributed by atoms with Gasteiger partial charge in [-0.2, -0.15) is 0 Å². The Kier molecular flexibility index (Phi) is 9.16. The number of aromatic nitrogens is 1. The van der Waals surface area contributed by atoms with Crippen LogP contribution in [0.3, 0.4) is 0 Å². The summed E-state index contributed by atoms with van der Waals surface area (Å²) in [7, 11) is 3.11. The highest BCUT2D eigenvalue weighted by atomic mass is 16.5. The number of methoxy groups -OCH3 is 2. The first kappa shape index (κ1) is 26.9. The fraction of sp³-hybridized carbons (Fsp3) is 0.290. The maximum Gasteiger partial charge on any atom is 0.258 e. The number of H-pyrrole nitrogens is 1. The quantitative estimate of drug-likeness (QED) is 0.294. The van der Waals surface area contributed by atoms with Gasteiger partial charge in [0.25, 0.3) is 5.91 Å². The molecule has 1 N–H and O–H groups in total. The predicted molar refractivity (Wildman–Crippen MR) is 149 cm³/mol. The van der Waals surface area contributed by atoms with Gasteiger partial charge in [-0.05, 0) is 42.7 Å². The number of aryl methyl sites for hydroxylation is 1. The number of fused-ring (bicyclic) bond motifs is 1. The Labute approximate surface area is 224 Å². The second-order valence-electron chi connectivity index (χ2n) is 9.33. The molecule has 0 fully saturated rings. The van der Waals surface area contributed by atoms with Crippen LogP contribution in [-0.4, -0.2) is 67.1 Å². The van der Waals surface area contributed by atoms with Crippen molar-refractivity contribution >= 4 is 22.7 Å². The molecule has 2 amide bonds. The number of ether oxygens (including phenoxy) is 2. The van der Waals surface area contributed by atoms with Gasteiger partial charge in [0.15, 0.2) is 0 Å². The van der Waals surface area contributed by atoms with E-state index in [0.29, 0.717) is 44.0 Å². The third-order valence-electron chi connectivity index (χ3n) is 6.69. The Morgan fingerprint density at radius 3 is 2.37 bits per heavy atom. The van der Waals surface area contributed by atoms with Crippen molar-refractivity contribution in [1.82, 2.24) is 14.8 Å². The SMILES string of the molecule is COCCN(CC(=O)N(CCc1c[nH]c2ccccc12)Cc1ccc(C)cc1)C(=O)c1ccccc1OC. The third-order valence-corrected chi connectivity index (χ3v) is 6.69. The molecule has 0 aliphatic carbocycles. The molecule has 0 bridgehead atoms. The van der Waals surface area contributed by atoms with Gasteiger partial charge < -0.3 is 24.3 Å². The van der Waals surface area contributed by atoms with Crippen LogP contribution in [0.15, 0.2) is 79.0 Å². The number of aromatic amines is 1. The molecule has 0 saturated carbocycles. The number of benzene rings is 3. The van der Waals surface area contributed by atoms with Gasteiger partial charge in [0, 0.05) is 43.8 Å². The molecule has 0 saturated heterocycles. The van der Waals surface area contributed by atoms with Crippen LogP contribution < -0.4 is 4.74 Å². The molecule has 198 valence electrons. The fourth-order valence-electron chi connectivity index (χ4n) is 4.51. The molecule has 4 aromatic rings. The van der Waals surface area contributed by atoms with Crippen molar-refractivity contribution in [2.75, 3.05) is 40.5 Å². The highest BCUT2D eigenvalue weighted by Crippen LogP contribution is 2.21. The molecule has 0 aliphatic rings. The summed E-state index contributed by atoms with van der Waals surface area (Å²) in [5, 5.41) is 1.16. The summed E-state index contributed by atoms with van der Waals surface area (Å²) >= 11 is 0. The number of para-hydroxylation sites is 2. The third kappa shape index (κ3) is 6.61. The van der Waals surface area contributed by atoms with E-state index in [1.165, 1.54) is 17.6 Å². The van der Waals surface area contributed by atoms with E-state index in [1.54, 1.807) is 25.3 Å². The smallest absolute Gasteiger partial charge is 0.258 e. The number of rotatable bonds is 12. The van der Waals surface area contributed by atoms with Gasteiger partial charge in [-0.15, -0.1) is 0 Å². The molecule has 0 aliphatic heterocycles. The summed E-state index contributed by atoms with van der Waals surface area (Å²) in [5.41, 5.74) is 4.86. The average molecular weight is 514 g/mol. The lowest BCUT2D eigenvalue weighted by Gasteiger charge is -2.28. The second kappa shape index (κ2) is 12.9. The predicted octanol–water partition coefficient (Wildman–Crippen LogP) is 4.85. The molecule has 4 rings (SSSR count). The number of carbonyl (C=O) groups is 2. The van der Waals surface area contributed by atoms with Crippen LogP contribution in [0.25, 0.3) is 10.9 Å². The van der Waals surface area contributed by atoms with Crippen molar-refractivity contribution in [3.8, 4) is 5.75 Å². The average Bonchev–Trinajstić information content (AvgIpc) is 3.36.